The van der Waals surface area contributed by atoms with Gasteiger partial charge in [-0.1, -0.05) is 11.6 Å². The van der Waals surface area contributed by atoms with Gasteiger partial charge in [0.25, 0.3) is 0 Å². The first kappa shape index (κ1) is 21.7. The van der Waals surface area contributed by atoms with Gasteiger partial charge in [0.1, 0.15) is 0 Å². The number of aryl methyl sites for hydroxylation is 1. The Balaban J connectivity index is 1.69. The number of carbonyl (C=O) groups is 2. The van der Waals surface area contributed by atoms with E-state index < -0.39 is 0 Å². The molecule has 1 saturated heterocycles. The first-order valence-corrected chi connectivity index (χ1v) is 10.2. The molecule has 0 aromatic heterocycles. The monoisotopic (exact) mass is 428 g/mol. The van der Waals surface area contributed by atoms with Crippen LogP contribution >= 0.6 is 11.6 Å². The van der Waals surface area contributed by atoms with Crippen LogP contribution in [-0.4, -0.2) is 32.1 Å². The smallest absolute Gasteiger partial charge is 0.248 e. The van der Waals surface area contributed by atoms with Gasteiger partial charge in [0.15, 0.2) is 11.5 Å². The van der Waals surface area contributed by atoms with Crippen LogP contribution in [0.4, 0.5) is 11.4 Å². The van der Waals surface area contributed by atoms with Crippen molar-refractivity contribution in [2.45, 2.75) is 26.7 Å². The number of ether oxygens (including phenoxy) is 2. The summed E-state index contributed by atoms with van der Waals surface area (Å²) < 4.78 is 10.8. The lowest BCUT2D eigenvalue weighted by atomic mass is 10.1. The Morgan fingerprint density at radius 3 is 2.73 bits per heavy atom. The average molecular weight is 429 g/mol. The molecule has 6 nitrogen and oxygen atoms in total. The molecule has 3 rings (SSSR count). The van der Waals surface area contributed by atoms with Crippen molar-refractivity contribution in [2.75, 3.05) is 30.5 Å². The van der Waals surface area contributed by atoms with Crippen molar-refractivity contribution in [3.05, 3.63) is 52.6 Å². The highest BCUT2D eigenvalue weighted by atomic mass is 35.5. The van der Waals surface area contributed by atoms with Gasteiger partial charge in [0.2, 0.25) is 11.8 Å². The summed E-state index contributed by atoms with van der Waals surface area (Å²) in [4.78, 5) is 26.1. The number of amides is 2. The van der Waals surface area contributed by atoms with Crippen LogP contribution in [0.25, 0.3) is 6.08 Å². The summed E-state index contributed by atoms with van der Waals surface area (Å²) in [6.45, 7) is 5.01. The molecule has 7 heteroatoms. The molecule has 0 atom stereocenters. The Morgan fingerprint density at radius 1 is 1.30 bits per heavy atom. The van der Waals surface area contributed by atoms with Crippen LogP contribution in [-0.2, 0) is 9.59 Å². The van der Waals surface area contributed by atoms with Crippen molar-refractivity contribution in [1.82, 2.24) is 0 Å². The highest BCUT2D eigenvalue weighted by Crippen LogP contribution is 2.36. The van der Waals surface area contributed by atoms with Gasteiger partial charge in [-0.3, -0.25) is 9.59 Å². The summed E-state index contributed by atoms with van der Waals surface area (Å²) in [6.07, 6.45) is 4.55. The van der Waals surface area contributed by atoms with Crippen LogP contribution in [0.15, 0.2) is 36.4 Å². The molecule has 1 heterocycles. The molecular formula is C23H25ClN2O4. The largest absolute Gasteiger partial charge is 0.493 e. The van der Waals surface area contributed by atoms with Gasteiger partial charge in [-0.25, -0.2) is 0 Å². The highest BCUT2D eigenvalue weighted by Gasteiger charge is 2.23. The fourth-order valence-corrected chi connectivity index (χ4v) is 3.69. The number of carbonyl (C=O) groups excluding carboxylic acids is 2. The number of benzene rings is 2. The van der Waals surface area contributed by atoms with Crippen LogP contribution < -0.4 is 19.7 Å². The predicted molar refractivity (Wildman–Crippen MR) is 120 cm³/mol. The van der Waals surface area contributed by atoms with E-state index in [-0.39, 0.29) is 11.8 Å². The molecule has 0 spiro atoms. The van der Waals surface area contributed by atoms with Crippen LogP contribution in [0.1, 0.15) is 30.9 Å². The van der Waals surface area contributed by atoms with E-state index in [0.29, 0.717) is 35.2 Å². The van der Waals surface area contributed by atoms with Gasteiger partial charge in [-0.05, 0) is 67.8 Å². The maximum absolute atomic E-state index is 12.3. The summed E-state index contributed by atoms with van der Waals surface area (Å²) in [6, 6.07) is 9.01. The lowest BCUT2D eigenvalue weighted by Crippen LogP contribution is -2.24. The molecule has 0 bridgehead atoms. The van der Waals surface area contributed by atoms with E-state index in [4.69, 9.17) is 21.1 Å². The predicted octanol–water partition coefficient (Wildman–Crippen LogP) is 4.83. The molecular weight excluding hydrogens is 404 g/mol. The second-order valence-electron chi connectivity index (χ2n) is 6.94. The molecule has 2 aromatic carbocycles. The fourth-order valence-electron chi connectivity index (χ4n) is 3.42. The number of hydrogen-bond acceptors (Lipinski definition) is 4. The van der Waals surface area contributed by atoms with Crippen molar-refractivity contribution in [3.8, 4) is 11.5 Å². The standard InChI is InChI=1S/C23H25ClN2O4/c1-4-30-23-18(24)13-16(14-20(23)29-3)7-10-21(27)25-17-8-9-19(15(2)12-17)26-11-5-6-22(26)28/h7-10,12-14H,4-6,11H2,1-3H3,(H,25,27)/b10-7+. The van der Waals surface area contributed by atoms with E-state index >= 15 is 0 Å². The number of methoxy groups -OCH3 is 1. The zero-order chi connectivity index (χ0) is 21.7. The first-order chi connectivity index (χ1) is 14.4. The van der Waals surface area contributed by atoms with Gasteiger partial charge < -0.3 is 19.7 Å². The quantitative estimate of drug-likeness (QED) is 0.641. The van der Waals surface area contributed by atoms with Crippen LogP contribution in [0.3, 0.4) is 0 Å². The molecule has 30 heavy (non-hydrogen) atoms. The molecule has 0 aliphatic carbocycles. The lowest BCUT2D eigenvalue weighted by Gasteiger charge is -2.19. The van der Waals surface area contributed by atoms with Gasteiger partial charge >= 0.3 is 0 Å². The Morgan fingerprint density at radius 2 is 2.10 bits per heavy atom. The number of halogens is 1. The van der Waals surface area contributed by atoms with E-state index in [2.05, 4.69) is 5.32 Å². The minimum Gasteiger partial charge on any atom is -0.493 e. The Labute approximate surface area is 181 Å². The van der Waals surface area contributed by atoms with Gasteiger partial charge in [-0.15, -0.1) is 0 Å². The molecule has 0 saturated carbocycles. The van der Waals surface area contributed by atoms with Gasteiger partial charge in [-0.2, -0.15) is 0 Å². The molecule has 0 radical (unpaired) electrons. The summed E-state index contributed by atoms with van der Waals surface area (Å²) in [5.74, 6) is 0.855. The fraction of sp³-hybridized carbons (Fsp3) is 0.304. The first-order valence-electron chi connectivity index (χ1n) is 9.83. The van der Waals surface area contributed by atoms with Crippen LogP contribution in [0.2, 0.25) is 5.02 Å². The third-order valence-electron chi connectivity index (χ3n) is 4.80. The van der Waals surface area contributed by atoms with Gasteiger partial charge in [0.05, 0.1) is 18.7 Å². The van der Waals surface area contributed by atoms with Crippen molar-refractivity contribution in [3.63, 3.8) is 0 Å². The SMILES string of the molecule is CCOc1c(Cl)cc(/C=C/C(=O)Nc2ccc(N3CCCC3=O)c(C)c2)cc1OC. The second-order valence-corrected chi connectivity index (χ2v) is 7.35. The molecule has 1 aliphatic heterocycles. The van der Waals surface area contributed by atoms with E-state index in [1.54, 1.807) is 29.2 Å². The van der Waals surface area contributed by atoms with E-state index in [9.17, 15) is 9.59 Å². The zero-order valence-corrected chi connectivity index (χ0v) is 18.1. The lowest BCUT2D eigenvalue weighted by molar-refractivity contribution is -0.117. The Kier molecular flexibility index (Phi) is 7.00. The van der Waals surface area contributed by atoms with Crippen LogP contribution in [0, 0.1) is 6.92 Å². The molecule has 2 amide bonds. The molecule has 158 valence electrons. The van der Waals surface area contributed by atoms with Crippen molar-refractivity contribution < 1.29 is 19.1 Å². The molecule has 2 aromatic rings. The molecule has 1 N–H and O–H groups in total. The maximum atomic E-state index is 12.3. The summed E-state index contributed by atoms with van der Waals surface area (Å²) >= 11 is 6.27. The minimum atomic E-state index is -0.275. The summed E-state index contributed by atoms with van der Waals surface area (Å²) in [5.41, 5.74) is 3.21. The second kappa shape index (κ2) is 9.67. The third kappa shape index (κ3) is 4.94. The number of rotatable bonds is 7. The highest BCUT2D eigenvalue weighted by molar-refractivity contribution is 6.32. The number of nitrogens with one attached hydrogen (secondary N) is 1. The average Bonchev–Trinajstić information content (AvgIpc) is 3.14. The number of hydrogen-bond donors (Lipinski definition) is 1. The topological polar surface area (TPSA) is 67.9 Å². The Bertz CT molecular complexity index is 987. The molecule has 1 aliphatic rings. The van der Waals surface area contributed by atoms with Crippen molar-refractivity contribution >= 4 is 40.9 Å². The number of nitrogens with zero attached hydrogens (tertiary/aromatic N) is 1. The Hall–Kier alpha value is -2.99. The van der Waals surface area contributed by atoms with E-state index in [0.717, 1.165) is 29.8 Å². The van der Waals surface area contributed by atoms with Crippen molar-refractivity contribution in [2.24, 2.45) is 0 Å². The zero-order valence-electron chi connectivity index (χ0n) is 17.3. The summed E-state index contributed by atoms with van der Waals surface area (Å²) in [7, 11) is 1.54. The number of anilines is 2. The maximum Gasteiger partial charge on any atom is 0.248 e. The molecule has 0 unspecified atom stereocenters. The van der Waals surface area contributed by atoms with Crippen molar-refractivity contribution in [1.29, 1.82) is 0 Å². The molecule has 1 fully saturated rings. The van der Waals surface area contributed by atoms with Gasteiger partial charge in [0, 0.05) is 30.4 Å². The van der Waals surface area contributed by atoms with Crippen LogP contribution in [0.5, 0.6) is 11.5 Å². The third-order valence-corrected chi connectivity index (χ3v) is 5.08. The normalized spacial score (nSPS) is 13.7. The summed E-state index contributed by atoms with van der Waals surface area (Å²) in [5, 5.41) is 3.25. The minimum absolute atomic E-state index is 0.141. The van der Waals surface area contributed by atoms with E-state index in [1.807, 2.05) is 26.0 Å². The van der Waals surface area contributed by atoms with E-state index in [1.165, 1.54) is 13.2 Å².